The van der Waals surface area contributed by atoms with E-state index in [-0.39, 0.29) is 41.5 Å². The average Bonchev–Trinajstić information content (AvgIpc) is 3.19. The van der Waals surface area contributed by atoms with E-state index in [9.17, 15) is 27.5 Å². The minimum Gasteiger partial charge on any atom is -0.481 e. The lowest BCUT2D eigenvalue weighted by atomic mass is 10.0. The Morgan fingerprint density at radius 1 is 1.17 bits per heavy atom. The minimum atomic E-state index is -4.58. The lowest BCUT2D eigenvalue weighted by Gasteiger charge is -2.14. The highest BCUT2D eigenvalue weighted by Gasteiger charge is 2.59. The number of aliphatic carboxylic acids is 1. The van der Waals surface area contributed by atoms with Crippen LogP contribution in [0.15, 0.2) is 54.9 Å². The summed E-state index contributed by atoms with van der Waals surface area (Å²) in [7, 11) is 0. The quantitative estimate of drug-likeness (QED) is 0.399. The lowest BCUT2D eigenvalue weighted by molar-refractivity contribution is -0.139. The van der Waals surface area contributed by atoms with Gasteiger partial charge in [0.15, 0.2) is 0 Å². The van der Waals surface area contributed by atoms with Gasteiger partial charge in [0, 0.05) is 29.1 Å². The molecule has 4 aromatic rings. The summed E-state index contributed by atoms with van der Waals surface area (Å²) in [6.07, 6.45) is -1.02. The maximum absolute atomic E-state index is 14.7. The summed E-state index contributed by atoms with van der Waals surface area (Å²) in [6, 6.07) is 9.43. The van der Waals surface area contributed by atoms with Crippen LogP contribution in [0.3, 0.4) is 0 Å². The number of carboxylic acid groups (broad SMARTS) is 1. The van der Waals surface area contributed by atoms with Gasteiger partial charge in [-0.15, -0.1) is 0 Å². The molecule has 2 unspecified atom stereocenters. The molecule has 35 heavy (non-hydrogen) atoms. The summed E-state index contributed by atoms with van der Waals surface area (Å²) in [4.78, 5) is 15.5. The lowest BCUT2D eigenvalue weighted by Crippen LogP contribution is -2.11. The number of fused-ring (bicyclic) bond motifs is 4. The highest BCUT2D eigenvalue weighted by atomic mass is 19.4. The first-order chi connectivity index (χ1) is 16.7. The van der Waals surface area contributed by atoms with Crippen LogP contribution < -0.4 is 4.74 Å². The third-order valence-corrected chi connectivity index (χ3v) is 6.82. The largest absolute Gasteiger partial charge is 0.481 e. The summed E-state index contributed by atoms with van der Waals surface area (Å²) >= 11 is 0. The monoisotopic (exact) mass is 483 g/mol. The average molecular weight is 483 g/mol. The van der Waals surface area contributed by atoms with Crippen LogP contribution in [0.4, 0.5) is 17.6 Å². The van der Waals surface area contributed by atoms with Crippen LogP contribution in [0.2, 0.25) is 0 Å². The second-order valence-corrected chi connectivity index (χ2v) is 8.84. The van der Waals surface area contributed by atoms with E-state index in [1.807, 2.05) is 0 Å². The van der Waals surface area contributed by atoms with Gasteiger partial charge in [-0.1, -0.05) is 12.1 Å². The third kappa shape index (κ3) is 3.51. The Morgan fingerprint density at radius 2 is 1.97 bits per heavy atom. The zero-order valence-electron chi connectivity index (χ0n) is 18.0. The molecule has 1 saturated carbocycles. The molecular formula is C25H17F4N3O3. The molecule has 0 radical (unpaired) electrons. The molecule has 178 valence electrons. The second-order valence-electron chi connectivity index (χ2n) is 8.84. The number of benzene rings is 2. The number of halogens is 4. The Bertz CT molecular complexity index is 1500. The number of carboxylic acids is 1. The summed E-state index contributed by atoms with van der Waals surface area (Å²) in [6.45, 7) is -0.190. The van der Waals surface area contributed by atoms with Gasteiger partial charge in [-0.3, -0.25) is 4.79 Å². The second kappa shape index (κ2) is 7.53. The fraction of sp³-hybridized carbons (Fsp3) is 0.240. The van der Waals surface area contributed by atoms with Crippen LogP contribution in [-0.4, -0.2) is 25.8 Å². The first-order valence-corrected chi connectivity index (χ1v) is 10.9. The summed E-state index contributed by atoms with van der Waals surface area (Å²) in [5, 5.41) is 13.7. The molecular weight excluding hydrogens is 466 g/mol. The maximum atomic E-state index is 14.7. The molecule has 2 aliphatic carbocycles. The number of hydrogen-bond donors (Lipinski definition) is 1. The van der Waals surface area contributed by atoms with Gasteiger partial charge in [-0.25, -0.2) is 14.1 Å². The van der Waals surface area contributed by atoms with Crippen LogP contribution in [-0.2, 0) is 24.0 Å². The van der Waals surface area contributed by atoms with Crippen molar-refractivity contribution in [3.63, 3.8) is 0 Å². The van der Waals surface area contributed by atoms with Crippen molar-refractivity contribution in [1.82, 2.24) is 14.8 Å². The van der Waals surface area contributed by atoms with E-state index in [0.717, 1.165) is 21.9 Å². The smallest absolute Gasteiger partial charge is 0.418 e. The highest BCUT2D eigenvalue weighted by Crippen LogP contribution is 2.61. The molecule has 2 heterocycles. The first kappa shape index (κ1) is 21.6. The standard InChI is InChI=1S/C25H17F4N3O3/c26-18-6-13-9-31-32(19-4-2-1-3-17(19)25(27,28)29)20(13)7-14(18)11-35-21-8-12-5-15-22(16(12)10-30-21)23(15)24(33)34/h1-4,6-10,15,22-23H,5,11H2,(H,33,34)/t15-,22?,23?/m1/s1. The third-order valence-electron chi connectivity index (χ3n) is 6.82. The van der Waals surface area contributed by atoms with Crippen molar-refractivity contribution in [3.8, 4) is 11.6 Å². The van der Waals surface area contributed by atoms with Crippen LogP contribution in [0.5, 0.6) is 5.88 Å². The Labute approximate surface area is 195 Å². The normalized spacial score (nSPS) is 20.5. The van der Waals surface area contributed by atoms with Crippen LogP contribution in [0.1, 0.15) is 28.2 Å². The van der Waals surface area contributed by atoms with Crippen molar-refractivity contribution in [2.75, 3.05) is 0 Å². The molecule has 6 rings (SSSR count). The molecule has 0 aliphatic heterocycles. The number of hydrogen-bond acceptors (Lipinski definition) is 4. The number of alkyl halides is 3. The summed E-state index contributed by atoms with van der Waals surface area (Å²) < 4.78 is 62.1. The van der Waals surface area contributed by atoms with Crippen LogP contribution in [0, 0.1) is 17.7 Å². The zero-order valence-corrected chi connectivity index (χ0v) is 18.0. The molecule has 1 N–H and O–H groups in total. The Morgan fingerprint density at radius 3 is 2.74 bits per heavy atom. The number of carbonyl (C=O) groups is 1. The van der Waals surface area contributed by atoms with Crippen molar-refractivity contribution in [3.05, 3.63) is 82.9 Å². The van der Waals surface area contributed by atoms with Crippen LogP contribution in [0.25, 0.3) is 16.6 Å². The molecule has 2 aliphatic rings. The fourth-order valence-corrected chi connectivity index (χ4v) is 5.13. The topological polar surface area (TPSA) is 77.2 Å². The molecule has 6 nitrogen and oxygen atoms in total. The van der Waals surface area contributed by atoms with Crippen LogP contribution >= 0.6 is 0 Å². The van der Waals surface area contributed by atoms with Gasteiger partial charge in [0.2, 0.25) is 5.88 Å². The molecule has 2 aromatic heterocycles. The molecule has 0 spiro atoms. The number of para-hydroxylation sites is 1. The van der Waals surface area contributed by atoms with Gasteiger partial charge in [0.25, 0.3) is 0 Å². The molecule has 2 aromatic carbocycles. The first-order valence-electron chi connectivity index (χ1n) is 10.9. The Balaban J connectivity index is 1.28. The molecule has 10 heteroatoms. The van der Waals surface area contributed by atoms with Crippen molar-refractivity contribution < 1.29 is 32.2 Å². The predicted octanol–water partition coefficient (Wildman–Crippen LogP) is 5.13. The van der Waals surface area contributed by atoms with Gasteiger partial charge in [-0.2, -0.15) is 18.3 Å². The number of pyridine rings is 1. The number of rotatable bonds is 5. The van der Waals surface area contributed by atoms with E-state index in [1.54, 1.807) is 12.3 Å². The van der Waals surface area contributed by atoms with E-state index < -0.39 is 23.5 Å². The van der Waals surface area contributed by atoms with Crippen molar-refractivity contribution in [2.24, 2.45) is 11.8 Å². The van der Waals surface area contributed by atoms with Crippen molar-refractivity contribution in [2.45, 2.75) is 25.1 Å². The van der Waals surface area contributed by atoms with Gasteiger partial charge < -0.3 is 9.84 Å². The van der Waals surface area contributed by atoms with E-state index in [4.69, 9.17) is 4.74 Å². The van der Waals surface area contributed by atoms with Gasteiger partial charge in [0.1, 0.15) is 12.4 Å². The molecule has 0 saturated heterocycles. The van der Waals surface area contributed by atoms with E-state index in [0.29, 0.717) is 17.3 Å². The fourth-order valence-electron chi connectivity index (χ4n) is 5.13. The van der Waals surface area contributed by atoms with E-state index in [2.05, 4.69) is 10.1 Å². The van der Waals surface area contributed by atoms with Gasteiger partial charge >= 0.3 is 12.1 Å². The minimum absolute atomic E-state index is 0.0104. The van der Waals surface area contributed by atoms with Crippen molar-refractivity contribution >= 4 is 16.9 Å². The Hall–Kier alpha value is -3.95. The maximum Gasteiger partial charge on any atom is 0.418 e. The van der Waals surface area contributed by atoms with E-state index >= 15 is 0 Å². The van der Waals surface area contributed by atoms with Gasteiger partial charge in [-0.05, 0) is 47.7 Å². The molecule has 0 bridgehead atoms. The molecule has 0 amide bonds. The molecule has 3 atom stereocenters. The number of nitrogens with zero attached hydrogens (tertiary/aromatic N) is 3. The molecule has 1 fully saturated rings. The SMILES string of the molecule is O=C(O)C1C2c3cnc(OCc4cc5c(cnn5-c5ccccc5C(F)(F)F)cc4F)cc3C[C@@H]12. The Kier molecular flexibility index (Phi) is 4.64. The number of ether oxygens (including phenoxy) is 1. The summed E-state index contributed by atoms with van der Waals surface area (Å²) in [5.41, 5.74) is 1.32. The van der Waals surface area contributed by atoms with E-state index in [1.165, 1.54) is 36.5 Å². The summed E-state index contributed by atoms with van der Waals surface area (Å²) in [5.74, 6) is -1.39. The predicted molar refractivity (Wildman–Crippen MR) is 116 cm³/mol. The zero-order chi connectivity index (χ0) is 24.5. The highest BCUT2D eigenvalue weighted by molar-refractivity contribution is 5.81. The van der Waals surface area contributed by atoms with Gasteiger partial charge in [0.05, 0.1) is 28.9 Å². The number of aromatic nitrogens is 3. The van der Waals surface area contributed by atoms with Crippen molar-refractivity contribution in [1.29, 1.82) is 0 Å².